The molecule has 19 heavy (non-hydrogen) atoms. The molecule has 0 aliphatic rings. The first kappa shape index (κ1) is 13.5. The molecule has 0 bridgehead atoms. The summed E-state index contributed by atoms with van der Waals surface area (Å²) in [6.45, 7) is -0.465. The van der Waals surface area contributed by atoms with Crippen LogP contribution in [0.5, 0.6) is 5.75 Å². The van der Waals surface area contributed by atoms with Crippen molar-refractivity contribution >= 4 is 22.4 Å². The van der Waals surface area contributed by atoms with Gasteiger partial charge in [-0.15, -0.1) is 0 Å². The molecule has 0 aliphatic heterocycles. The van der Waals surface area contributed by atoms with Crippen molar-refractivity contribution in [3.05, 3.63) is 36.4 Å². The van der Waals surface area contributed by atoms with Crippen LogP contribution < -0.4 is 9.22 Å². The van der Waals surface area contributed by atoms with Gasteiger partial charge < -0.3 is 9.84 Å². The fraction of sp³-hybridized carbons (Fsp3) is 0.267. The van der Waals surface area contributed by atoms with Gasteiger partial charge in [-0.05, 0) is 29.0 Å². The van der Waals surface area contributed by atoms with Gasteiger partial charge >= 0.3 is 5.91 Å². The van der Waals surface area contributed by atoms with Gasteiger partial charge in [0.15, 0.2) is 6.61 Å². The van der Waals surface area contributed by atoms with Gasteiger partial charge in [-0.25, -0.2) is 9.28 Å². The van der Waals surface area contributed by atoms with Crippen molar-refractivity contribution in [3.63, 3.8) is 0 Å². The average molecular weight is 260 g/mol. The molecular weight excluding hydrogens is 242 g/mol. The highest BCUT2D eigenvalue weighted by atomic mass is 16.5. The van der Waals surface area contributed by atoms with Gasteiger partial charge in [-0.3, -0.25) is 0 Å². The minimum absolute atomic E-state index is 0.0263. The number of benzene rings is 2. The molecule has 4 nitrogen and oxygen atoms in total. The molecule has 0 atom stereocenters. The van der Waals surface area contributed by atoms with Crippen molar-refractivity contribution in [2.75, 3.05) is 27.8 Å². The fourth-order valence-corrected chi connectivity index (χ4v) is 2.01. The van der Waals surface area contributed by atoms with E-state index in [1.165, 1.54) is 0 Å². The Balaban J connectivity index is 2.50. The van der Waals surface area contributed by atoms with E-state index < -0.39 is 6.61 Å². The van der Waals surface area contributed by atoms with Gasteiger partial charge in [0.05, 0.1) is 21.2 Å². The Bertz CT molecular complexity index is 620. The molecule has 0 heterocycles. The monoisotopic (exact) mass is 260 g/mol. The number of carbonyl (C=O) groups is 1. The van der Waals surface area contributed by atoms with Crippen molar-refractivity contribution in [1.29, 1.82) is 0 Å². The Morgan fingerprint density at radius 3 is 2.42 bits per heavy atom. The minimum atomic E-state index is -0.465. The lowest BCUT2D eigenvalue weighted by Gasteiger charge is -2.25. The number of carbonyl (C=O) groups excluding carboxylic acids is 1. The molecule has 0 aliphatic carbocycles. The number of fused-ring (bicyclic) bond motifs is 1. The maximum Gasteiger partial charge on any atom is 0.343 e. The number of quaternary nitrogens is 1. The van der Waals surface area contributed by atoms with E-state index in [0.717, 1.165) is 22.2 Å². The van der Waals surface area contributed by atoms with E-state index in [1.807, 2.05) is 36.4 Å². The maximum atomic E-state index is 11.8. The molecule has 0 radical (unpaired) electrons. The van der Waals surface area contributed by atoms with Crippen molar-refractivity contribution < 1.29 is 14.6 Å². The maximum absolute atomic E-state index is 11.8. The number of aliphatic hydroxyl groups is 1. The second kappa shape index (κ2) is 4.99. The Labute approximate surface area is 112 Å². The van der Waals surface area contributed by atoms with Gasteiger partial charge in [-0.1, -0.05) is 6.07 Å². The van der Waals surface area contributed by atoms with Gasteiger partial charge in [0.25, 0.3) is 0 Å². The summed E-state index contributed by atoms with van der Waals surface area (Å²) < 4.78 is 5.21. The normalized spacial score (nSPS) is 11.6. The molecule has 0 fully saturated rings. The lowest BCUT2D eigenvalue weighted by Crippen LogP contribution is -2.48. The summed E-state index contributed by atoms with van der Waals surface area (Å²) in [5, 5.41) is 11.1. The van der Waals surface area contributed by atoms with Gasteiger partial charge in [0.1, 0.15) is 11.4 Å². The number of hydrogen-bond donors (Lipinski definition) is 1. The topological polar surface area (TPSA) is 46.5 Å². The third-order valence-corrected chi connectivity index (χ3v) is 3.44. The molecule has 0 unspecified atom stereocenters. The number of nitrogens with zero attached hydrogens (tertiary/aromatic N) is 1. The number of hydrogen-bond acceptors (Lipinski definition) is 3. The Kier molecular flexibility index (Phi) is 3.55. The molecule has 100 valence electrons. The summed E-state index contributed by atoms with van der Waals surface area (Å²) in [5.74, 6) is 0.563. The third-order valence-electron chi connectivity index (χ3n) is 3.44. The third kappa shape index (κ3) is 2.45. The van der Waals surface area contributed by atoms with E-state index in [4.69, 9.17) is 9.84 Å². The van der Waals surface area contributed by atoms with Crippen LogP contribution in [-0.4, -0.2) is 38.8 Å². The first-order chi connectivity index (χ1) is 8.98. The molecule has 0 spiro atoms. The lowest BCUT2D eigenvalue weighted by molar-refractivity contribution is -0.130. The lowest BCUT2D eigenvalue weighted by atomic mass is 10.1. The van der Waals surface area contributed by atoms with Crippen LogP contribution in [0.25, 0.3) is 10.8 Å². The van der Waals surface area contributed by atoms with E-state index in [1.54, 1.807) is 21.2 Å². The molecule has 1 amide bonds. The highest BCUT2D eigenvalue weighted by Gasteiger charge is 2.28. The Morgan fingerprint density at radius 2 is 1.79 bits per heavy atom. The Morgan fingerprint density at radius 1 is 1.16 bits per heavy atom. The van der Waals surface area contributed by atoms with Crippen molar-refractivity contribution in [2.24, 2.45) is 0 Å². The van der Waals surface area contributed by atoms with Crippen LogP contribution in [0.3, 0.4) is 0 Å². The number of methoxy groups -OCH3 is 1. The molecule has 0 aromatic heterocycles. The first-order valence-corrected chi connectivity index (χ1v) is 6.05. The predicted molar refractivity (Wildman–Crippen MR) is 76.2 cm³/mol. The Hall–Kier alpha value is -1.91. The smallest absolute Gasteiger partial charge is 0.343 e. The summed E-state index contributed by atoms with van der Waals surface area (Å²) in [7, 11) is 5.17. The molecule has 0 saturated carbocycles. The second-order valence-electron chi connectivity index (χ2n) is 4.90. The summed E-state index contributed by atoms with van der Waals surface area (Å²) in [5.41, 5.74) is 0.844. The number of ether oxygens (including phenoxy) is 1. The van der Waals surface area contributed by atoms with Crippen LogP contribution >= 0.6 is 0 Å². The molecule has 0 saturated heterocycles. The largest absolute Gasteiger partial charge is 0.497 e. The summed E-state index contributed by atoms with van der Waals surface area (Å²) in [6, 6.07) is 11.6. The van der Waals surface area contributed by atoms with Crippen molar-refractivity contribution in [1.82, 2.24) is 4.48 Å². The number of aliphatic hydroxyl groups excluding tert-OH is 1. The number of amides is 1. The van der Waals surface area contributed by atoms with E-state index >= 15 is 0 Å². The van der Waals surface area contributed by atoms with Gasteiger partial charge in [0.2, 0.25) is 0 Å². The van der Waals surface area contributed by atoms with Gasteiger partial charge in [0, 0.05) is 12.1 Å². The van der Waals surface area contributed by atoms with Crippen LogP contribution in [0.4, 0.5) is 5.69 Å². The predicted octanol–water partition coefficient (Wildman–Crippen LogP) is 1.93. The highest BCUT2D eigenvalue weighted by molar-refractivity contribution is 5.93. The zero-order valence-corrected chi connectivity index (χ0v) is 11.4. The quantitative estimate of drug-likeness (QED) is 0.858. The standard InChI is InChI=1S/C15H18NO3/c1-16(2,15(18)10-17)13-6-4-12-9-14(19-3)7-5-11(12)8-13/h4-9,17H,10H2,1-3H3/q+1. The zero-order chi connectivity index (χ0) is 14.0. The molecule has 2 aromatic carbocycles. The average Bonchev–Trinajstić information content (AvgIpc) is 2.44. The zero-order valence-electron chi connectivity index (χ0n) is 11.4. The summed E-state index contributed by atoms with van der Waals surface area (Å²) in [4.78, 5) is 11.8. The van der Waals surface area contributed by atoms with E-state index in [-0.39, 0.29) is 10.4 Å². The molecular formula is C15H18NO3+. The van der Waals surface area contributed by atoms with E-state index in [0.29, 0.717) is 0 Å². The van der Waals surface area contributed by atoms with Gasteiger partial charge in [-0.2, -0.15) is 0 Å². The molecule has 2 aromatic rings. The minimum Gasteiger partial charge on any atom is -0.497 e. The molecule has 1 N–H and O–H groups in total. The fourth-order valence-electron chi connectivity index (χ4n) is 2.01. The number of likely N-dealkylation sites (N-methyl/N-ethyl adjacent to an activating group) is 1. The van der Waals surface area contributed by atoms with Crippen molar-refractivity contribution in [2.45, 2.75) is 0 Å². The number of rotatable bonds is 3. The summed E-state index contributed by atoms with van der Waals surface area (Å²) in [6.07, 6.45) is 0. The second-order valence-corrected chi connectivity index (χ2v) is 4.90. The molecule has 2 rings (SSSR count). The van der Waals surface area contributed by atoms with Crippen LogP contribution in [0.1, 0.15) is 0 Å². The van der Waals surface area contributed by atoms with Crippen LogP contribution in [0.15, 0.2) is 36.4 Å². The summed E-state index contributed by atoms with van der Waals surface area (Å²) >= 11 is 0. The van der Waals surface area contributed by atoms with Crippen molar-refractivity contribution in [3.8, 4) is 5.75 Å². The highest BCUT2D eigenvalue weighted by Crippen LogP contribution is 2.27. The van der Waals surface area contributed by atoms with Crippen LogP contribution in [-0.2, 0) is 4.79 Å². The van der Waals surface area contributed by atoms with Crippen LogP contribution in [0, 0.1) is 0 Å². The van der Waals surface area contributed by atoms with Crippen LogP contribution in [0.2, 0.25) is 0 Å². The van der Waals surface area contributed by atoms with E-state index in [2.05, 4.69) is 0 Å². The van der Waals surface area contributed by atoms with E-state index in [9.17, 15) is 4.79 Å². The molecule has 4 heteroatoms. The first-order valence-electron chi connectivity index (χ1n) is 6.05. The SMILES string of the molecule is COc1ccc2cc([N+](C)(C)C(=O)CO)ccc2c1.